The van der Waals surface area contributed by atoms with E-state index in [4.69, 9.17) is 9.47 Å². The second-order valence-corrected chi connectivity index (χ2v) is 7.67. The minimum Gasteiger partial charge on any atom is -0.495 e. The predicted molar refractivity (Wildman–Crippen MR) is 110 cm³/mol. The molecule has 4 rings (SSSR count). The van der Waals surface area contributed by atoms with Crippen molar-refractivity contribution in [3.8, 4) is 22.8 Å². The van der Waals surface area contributed by atoms with Gasteiger partial charge in [-0.15, -0.1) is 0 Å². The number of alkyl halides is 3. The van der Waals surface area contributed by atoms with Crippen LogP contribution in [-0.4, -0.2) is 39.4 Å². The molecule has 0 spiro atoms. The largest absolute Gasteiger partial charge is 0.495 e. The lowest BCUT2D eigenvalue weighted by Crippen LogP contribution is -2.27. The summed E-state index contributed by atoms with van der Waals surface area (Å²) < 4.78 is 50.1. The van der Waals surface area contributed by atoms with Crippen LogP contribution in [0.15, 0.2) is 47.7 Å². The van der Waals surface area contributed by atoms with Gasteiger partial charge in [-0.2, -0.15) is 18.2 Å². The Morgan fingerprint density at radius 3 is 2.66 bits per heavy atom. The van der Waals surface area contributed by atoms with E-state index in [1.807, 2.05) is 12.1 Å². The number of methoxy groups -OCH3 is 1. The summed E-state index contributed by atoms with van der Waals surface area (Å²) in [4.78, 5) is 24.7. The van der Waals surface area contributed by atoms with Crippen LogP contribution >= 0.6 is 0 Å². The summed E-state index contributed by atoms with van der Waals surface area (Å²) in [5.74, 6) is 1.94. The van der Waals surface area contributed by atoms with Gasteiger partial charge in [-0.1, -0.05) is 0 Å². The van der Waals surface area contributed by atoms with Gasteiger partial charge < -0.3 is 14.0 Å². The lowest BCUT2D eigenvalue weighted by atomic mass is 10.1. The van der Waals surface area contributed by atoms with Crippen molar-refractivity contribution in [2.24, 2.45) is 5.92 Å². The summed E-state index contributed by atoms with van der Waals surface area (Å²) in [6, 6.07) is 6.32. The molecule has 1 aliphatic carbocycles. The molecule has 0 aliphatic heterocycles. The van der Waals surface area contributed by atoms with Crippen LogP contribution in [0, 0.1) is 12.8 Å². The van der Waals surface area contributed by atoms with Crippen molar-refractivity contribution < 1.29 is 22.6 Å². The van der Waals surface area contributed by atoms with Gasteiger partial charge in [0.05, 0.1) is 25.5 Å². The van der Waals surface area contributed by atoms with Crippen LogP contribution in [0.4, 0.5) is 13.2 Å². The van der Waals surface area contributed by atoms with E-state index in [-0.39, 0.29) is 17.7 Å². The summed E-state index contributed by atoms with van der Waals surface area (Å²) in [6.07, 6.45) is 0.716. The number of pyridine rings is 2. The minimum absolute atomic E-state index is 0.248. The van der Waals surface area contributed by atoms with Crippen LogP contribution in [0.5, 0.6) is 11.6 Å². The number of aryl methyl sites for hydroxylation is 1. The number of aromatic nitrogens is 4. The number of nitrogens with zero attached hydrogens (tertiary/aromatic N) is 4. The number of halogens is 3. The summed E-state index contributed by atoms with van der Waals surface area (Å²) >= 11 is 0. The molecule has 32 heavy (non-hydrogen) atoms. The third-order valence-electron chi connectivity index (χ3n) is 5.25. The molecule has 3 heterocycles. The molecular weight excluding hydrogens is 425 g/mol. The Bertz CT molecular complexity index is 1160. The first kappa shape index (κ1) is 21.8. The van der Waals surface area contributed by atoms with Gasteiger partial charge in [-0.05, 0) is 31.5 Å². The fraction of sp³-hybridized carbons (Fsp3) is 0.364. The molecule has 0 radical (unpaired) electrons. The highest BCUT2D eigenvalue weighted by Crippen LogP contribution is 2.47. The molecule has 1 fully saturated rings. The Morgan fingerprint density at radius 2 is 1.97 bits per heavy atom. The van der Waals surface area contributed by atoms with Gasteiger partial charge in [-0.3, -0.25) is 9.78 Å². The summed E-state index contributed by atoms with van der Waals surface area (Å²) in [6.45, 7) is 0.702. The molecule has 1 saturated carbocycles. The van der Waals surface area contributed by atoms with Gasteiger partial charge in [0.25, 0.3) is 5.56 Å². The highest BCUT2D eigenvalue weighted by Gasteiger charge is 2.40. The predicted octanol–water partition coefficient (Wildman–Crippen LogP) is 3.76. The zero-order chi connectivity index (χ0) is 22.9. The number of hydrogen-bond acceptors (Lipinski definition) is 6. The molecule has 0 saturated heterocycles. The second kappa shape index (κ2) is 8.60. The first-order valence-corrected chi connectivity index (χ1v) is 9.97. The average molecular weight is 446 g/mol. The Kier molecular flexibility index (Phi) is 5.86. The Hall–Kier alpha value is -3.43. The molecule has 168 valence electrons. The van der Waals surface area contributed by atoms with Crippen molar-refractivity contribution in [3.63, 3.8) is 0 Å². The second-order valence-electron chi connectivity index (χ2n) is 7.67. The van der Waals surface area contributed by atoms with Crippen LogP contribution in [0.1, 0.15) is 23.9 Å². The molecule has 10 heteroatoms. The van der Waals surface area contributed by atoms with E-state index in [1.54, 1.807) is 20.2 Å². The summed E-state index contributed by atoms with van der Waals surface area (Å²) in [7, 11) is 1.58. The Balaban J connectivity index is 1.51. The fourth-order valence-corrected chi connectivity index (χ4v) is 3.48. The van der Waals surface area contributed by atoms with Gasteiger partial charge in [-0.25, -0.2) is 4.98 Å². The third kappa shape index (κ3) is 5.06. The van der Waals surface area contributed by atoms with Gasteiger partial charge in [0, 0.05) is 41.6 Å². The molecule has 0 bridgehead atoms. The zero-order valence-electron chi connectivity index (χ0n) is 17.5. The molecule has 0 amide bonds. The quantitative estimate of drug-likeness (QED) is 0.550. The molecule has 0 N–H and O–H groups in total. The Labute approximate surface area is 181 Å². The SMILES string of the molecule is COc1ccc([C@H]2C[C@@H]2COc2nc(C)ncc2-c2ccc(=O)n(CC(F)(F)F)c2)nc1. The van der Waals surface area contributed by atoms with Gasteiger partial charge in [0.2, 0.25) is 5.88 Å². The monoisotopic (exact) mass is 446 g/mol. The fourth-order valence-electron chi connectivity index (χ4n) is 3.48. The topological polar surface area (TPSA) is 79.1 Å². The Morgan fingerprint density at radius 1 is 1.16 bits per heavy atom. The smallest absolute Gasteiger partial charge is 0.406 e. The molecular formula is C22H21F3N4O3. The zero-order valence-corrected chi connectivity index (χ0v) is 17.5. The van der Waals surface area contributed by atoms with Crippen LogP contribution in [0.25, 0.3) is 11.1 Å². The first-order valence-electron chi connectivity index (χ1n) is 9.97. The molecule has 0 unspecified atom stereocenters. The van der Waals surface area contributed by atoms with Crippen LogP contribution in [0.2, 0.25) is 0 Å². The third-order valence-corrected chi connectivity index (χ3v) is 5.25. The van der Waals surface area contributed by atoms with Crippen molar-refractivity contribution in [2.75, 3.05) is 13.7 Å². The normalized spacial score (nSPS) is 17.8. The van der Waals surface area contributed by atoms with Gasteiger partial charge in [0.15, 0.2) is 0 Å². The summed E-state index contributed by atoms with van der Waals surface area (Å²) in [5, 5.41) is 0. The van der Waals surface area contributed by atoms with Crippen molar-refractivity contribution in [1.29, 1.82) is 0 Å². The van der Waals surface area contributed by atoms with E-state index in [9.17, 15) is 18.0 Å². The molecule has 2 atom stereocenters. The highest BCUT2D eigenvalue weighted by atomic mass is 19.4. The van der Waals surface area contributed by atoms with Crippen LogP contribution < -0.4 is 15.0 Å². The lowest BCUT2D eigenvalue weighted by Gasteiger charge is -2.13. The highest BCUT2D eigenvalue weighted by molar-refractivity contribution is 5.66. The van der Waals surface area contributed by atoms with E-state index in [0.717, 1.165) is 24.4 Å². The maximum atomic E-state index is 12.8. The van der Waals surface area contributed by atoms with E-state index in [1.165, 1.54) is 12.3 Å². The van der Waals surface area contributed by atoms with E-state index < -0.39 is 18.3 Å². The number of hydrogen-bond donors (Lipinski definition) is 0. The number of ether oxygens (including phenoxy) is 2. The summed E-state index contributed by atoms with van der Waals surface area (Å²) in [5.41, 5.74) is 1.01. The van der Waals surface area contributed by atoms with Crippen LogP contribution in [-0.2, 0) is 6.54 Å². The average Bonchev–Trinajstić information content (AvgIpc) is 3.53. The van der Waals surface area contributed by atoms with Gasteiger partial charge >= 0.3 is 6.18 Å². The standard InChI is InChI=1S/C22H21F3N4O3/c1-13-26-9-18(14-3-6-20(30)29(10-14)12-22(23,24)25)21(28-13)32-11-15-7-17(15)19-5-4-16(31-2)8-27-19/h3-6,8-10,15,17H,7,11-12H2,1-2H3/t15-,17+/m1/s1. The molecule has 1 aliphatic rings. The molecule has 7 nitrogen and oxygen atoms in total. The van der Waals surface area contributed by atoms with Crippen LogP contribution in [0.3, 0.4) is 0 Å². The molecule has 3 aromatic rings. The van der Waals surface area contributed by atoms with Gasteiger partial charge in [0.1, 0.15) is 18.1 Å². The molecule has 3 aromatic heterocycles. The van der Waals surface area contributed by atoms with Crippen molar-refractivity contribution >= 4 is 0 Å². The van der Waals surface area contributed by atoms with E-state index >= 15 is 0 Å². The molecule has 0 aromatic carbocycles. The number of rotatable bonds is 7. The van der Waals surface area contributed by atoms with Crippen molar-refractivity contribution in [1.82, 2.24) is 19.5 Å². The van der Waals surface area contributed by atoms with Crippen molar-refractivity contribution in [3.05, 3.63) is 64.7 Å². The van der Waals surface area contributed by atoms with E-state index in [0.29, 0.717) is 33.9 Å². The minimum atomic E-state index is -4.51. The maximum absolute atomic E-state index is 12.8. The first-order chi connectivity index (χ1) is 15.2. The maximum Gasteiger partial charge on any atom is 0.406 e. The van der Waals surface area contributed by atoms with E-state index in [2.05, 4.69) is 15.0 Å². The lowest BCUT2D eigenvalue weighted by molar-refractivity contribution is -0.141. The van der Waals surface area contributed by atoms with Crippen molar-refractivity contribution in [2.45, 2.75) is 32.0 Å².